The van der Waals surface area contributed by atoms with Crippen LogP contribution in [-0.2, 0) is 20.8 Å². The van der Waals surface area contributed by atoms with Gasteiger partial charge in [0.2, 0.25) is 0 Å². The molecule has 3 amide bonds. The van der Waals surface area contributed by atoms with Crippen LogP contribution in [0.2, 0.25) is 0 Å². The van der Waals surface area contributed by atoms with E-state index < -0.39 is 30.1 Å². The van der Waals surface area contributed by atoms with Crippen LogP contribution in [0.1, 0.15) is 36.7 Å². The summed E-state index contributed by atoms with van der Waals surface area (Å²) in [5.74, 6) is -1.29. The van der Waals surface area contributed by atoms with Crippen LogP contribution >= 0.6 is 0 Å². The van der Waals surface area contributed by atoms with Crippen molar-refractivity contribution in [2.45, 2.75) is 32.9 Å². The van der Waals surface area contributed by atoms with Crippen LogP contribution < -0.4 is 15.5 Å². The molecular weight excluding hydrogens is 350 g/mol. The van der Waals surface area contributed by atoms with Gasteiger partial charge in [-0.2, -0.15) is 0 Å². The number of nitrogens with one attached hydrogen (secondary N) is 3. The molecule has 1 fully saturated rings. The molecule has 27 heavy (non-hydrogen) atoms. The number of hydrogen-bond acceptors (Lipinski definition) is 5. The Morgan fingerprint density at radius 2 is 1.74 bits per heavy atom. The van der Waals surface area contributed by atoms with Crippen molar-refractivity contribution >= 4 is 17.9 Å². The minimum Gasteiger partial charge on any atom is -0.452 e. The molecule has 0 bridgehead atoms. The lowest BCUT2D eigenvalue weighted by Gasteiger charge is -2.23. The fourth-order valence-electron chi connectivity index (χ4n) is 2.63. The number of carbonyl (C=O) groups excluding carboxylic acids is 3. The summed E-state index contributed by atoms with van der Waals surface area (Å²) in [6.45, 7) is 9.23. The maximum Gasteiger partial charge on any atom is 0.338 e. The predicted molar refractivity (Wildman–Crippen MR) is 98.4 cm³/mol. The van der Waals surface area contributed by atoms with Crippen LogP contribution in [0.4, 0.5) is 4.79 Å². The van der Waals surface area contributed by atoms with Gasteiger partial charge in [-0.05, 0) is 32.9 Å². The molecule has 1 saturated heterocycles. The van der Waals surface area contributed by atoms with E-state index in [1.165, 1.54) is 4.90 Å². The normalized spacial score (nSPS) is 15.1. The molecule has 0 atom stereocenters. The molecule has 2 rings (SSSR count). The Balaban J connectivity index is 1.76. The number of urea groups is 1. The molecule has 0 aromatic heterocycles. The minimum atomic E-state index is -0.683. The Morgan fingerprint density at radius 3 is 2.33 bits per heavy atom. The zero-order valence-electron chi connectivity index (χ0n) is 16.1. The molecule has 3 N–H and O–H groups in total. The first-order valence-electron chi connectivity index (χ1n) is 9.02. The van der Waals surface area contributed by atoms with Crippen LogP contribution in [-0.4, -0.2) is 56.4 Å². The van der Waals surface area contributed by atoms with Crippen LogP contribution in [0.5, 0.6) is 0 Å². The van der Waals surface area contributed by atoms with Gasteiger partial charge in [0.25, 0.3) is 5.91 Å². The maximum absolute atomic E-state index is 12.0. The lowest BCUT2D eigenvalue weighted by atomic mass is 10.1. The summed E-state index contributed by atoms with van der Waals surface area (Å²) < 4.78 is 10.3. The molecule has 1 aromatic carbocycles. The first kappa shape index (κ1) is 20.9. The number of rotatable bonds is 5. The topological polar surface area (TPSA) is 98.2 Å². The molecule has 0 saturated carbocycles. The molecule has 0 radical (unpaired) electrons. The molecule has 1 aliphatic rings. The van der Waals surface area contributed by atoms with Gasteiger partial charge in [-0.1, -0.05) is 12.1 Å². The summed E-state index contributed by atoms with van der Waals surface area (Å²) in [6, 6.07) is 6.51. The average molecular weight is 378 g/mol. The predicted octanol–water partition coefficient (Wildman–Crippen LogP) is -0.117. The van der Waals surface area contributed by atoms with Crippen LogP contribution in [0.3, 0.4) is 0 Å². The molecule has 1 aromatic rings. The number of benzene rings is 1. The van der Waals surface area contributed by atoms with Gasteiger partial charge in [-0.15, -0.1) is 0 Å². The van der Waals surface area contributed by atoms with Gasteiger partial charge in [0.15, 0.2) is 6.61 Å². The van der Waals surface area contributed by atoms with E-state index in [1.807, 2.05) is 12.1 Å². The lowest BCUT2D eigenvalue weighted by Crippen LogP contribution is -3.12. The summed E-state index contributed by atoms with van der Waals surface area (Å²) in [5, 5.41) is 4.71. The molecule has 1 heterocycles. The Morgan fingerprint density at radius 1 is 1.11 bits per heavy atom. The zero-order chi connectivity index (χ0) is 19.9. The SMILES string of the molecule is CC(C)(C)NC(=O)NC(=O)COC(=O)c1ccc(C[NH+]2CCOCC2)cc1. The van der Waals surface area contributed by atoms with Gasteiger partial charge in [0.05, 0.1) is 18.8 Å². The van der Waals surface area contributed by atoms with Crippen LogP contribution in [0, 0.1) is 0 Å². The second-order valence-electron chi connectivity index (χ2n) is 7.56. The maximum atomic E-state index is 12.0. The Labute approximate surface area is 159 Å². The second kappa shape index (κ2) is 9.48. The number of morpholine rings is 1. The lowest BCUT2D eigenvalue weighted by molar-refractivity contribution is -0.921. The van der Waals surface area contributed by atoms with Crippen LogP contribution in [0.25, 0.3) is 0 Å². The highest BCUT2D eigenvalue weighted by Crippen LogP contribution is 2.05. The van der Waals surface area contributed by atoms with Crippen molar-refractivity contribution in [3.8, 4) is 0 Å². The summed E-state index contributed by atoms with van der Waals surface area (Å²) in [7, 11) is 0. The highest BCUT2D eigenvalue weighted by Gasteiger charge is 2.18. The molecule has 8 nitrogen and oxygen atoms in total. The second-order valence-corrected chi connectivity index (χ2v) is 7.56. The number of amides is 3. The van der Waals surface area contributed by atoms with Gasteiger partial charge < -0.3 is 19.7 Å². The number of hydrogen-bond donors (Lipinski definition) is 3. The Kier molecular flexibility index (Phi) is 7.32. The van der Waals surface area contributed by atoms with Gasteiger partial charge in [0, 0.05) is 11.1 Å². The molecular formula is C19H28N3O5+. The van der Waals surface area contributed by atoms with Gasteiger partial charge in [-0.3, -0.25) is 10.1 Å². The fraction of sp³-hybridized carbons (Fsp3) is 0.526. The minimum absolute atomic E-state index is 0.364. The highest BCUT2D eigenvalue weighted by atomic mass is 16.5. The van der Waals surface area contributed by atoms with E-state index in [0.717, 1.165) is 38.4 Å². The van der Waals surface area contributed by atoms with E-state index in [4.69, 9.17) is 9.47 Å². The standard InChI is InChI=1S/C19H27N3O5/c1-19(2,3)21-18(25)20-16(23)13-27-17(24)15-6-4-14(5-7-15)12-22-8-10-26-11-9-22/h4-7H,8-13H2,1-3H3,(H2,20,21,23,25)/p+1. The summed E-state index contributed by atoms with van der Waals surface area (Å²) in [5.41, 5.74) is 1.02. The molecule has 0 spiro atoms. The third-order valence-electron chi connectivity index (χ3n) is 3.92. The van der Waals surface area contributed by atoms with E-state index in [2.05, 4.69) is 10.6 Å². The third kappa shape index (κ3) is 7.76. The quantitative estimate of drug-likeness (QED) is 0.621. The smallest absolute Gasteiger partial charge is 0.338 e. The van der Waals surface area contributed by atoms with Crippen molar-refractivity contribution in [2.75, 3.05) is 32.9 Å². The van der Waals surface area contributed by atoms with Gasteiger partial charge >= 0.3 is 12.0 Å². The van der Waals surface area contributed by atoms with Gasteiger partial charge in [0.1, 0.15) is 19.6 Å². The molecule has 8 heteroatoms. The summed E-state index contributed by atoms with van der Waals surface area (Å²) in [6.07, 6.45) is 0. The van der Waals surface area contributed by atoms with E-state index in [-0.39, 0.29) is 0 Å². The van der Waals surface area contributed by atoms with Crippen molar-refractivity contribution in [3.05, 3.63) is 35.4 Å². The number of imide groups is 1. The van der Waals surface area contributed by atoms with E-state index in [1.54, 1.807) is 32.9 Å². The largest absolute Gasteiger partial charge is 0.452 e. The first-order valence-corrected chi connectivity index (χ1v) is 9.02. The fourth-order valence-corrected chi connectivity index (χ4v) is 2.63. The van der Waals surface area contributed by atoms with E-state index >= 15 is 0 Å². The van der Waals surface area contributed by atoms with Crippen molar-refractivity contribution in [3.63, 3.8) is 0 Å². The van der Waals surface area contributed by atoms with Crippen molar-refractivity contribution in [1.29, 1.82) is 0 Å². The molecule has 0 aliphatic carbocycles. The molecule has 0 unspecified atom stereocenters. The van der Waals surface area contributed by atoms with Gasteiger partial charge in [-0.25, -0.2) is 9.59 Å². The number of esters is 1. The zero-order valence-corrected chi connectivity index (χ0v) is 16.1. The highest BCUT2D eigenvalue weighted by molar-refractivity contribution is 5.97. The Bertz CT molecular complexity index is 661. The third-order valence-corrected chi connectivity index (χ3v) is 3.92. The molecule has 148 valence electrons. The van der Waals surface area contributed by atoms with Crippen molar-refractivity contribution in [1.82, 2.24) is 10.6 Å². The summed E-state index contributed by atoms with van der Waals surface area (Å²) in [4.78, 5) is 36.8. The molecule has 1 aliphatic heterocycles. The van der Waals surface area contributed by atoms with E-state index in [0.29, 0.717) is 5.56 Å². The number of carbonyl (C=O) groups is 3. The van der Waals surface area contributed by atoms with Crippen molar-refractivity contribution in [2.24, 2.45) is 0 Å². The Hall–Kier alpha value is -2.45. The van der Waals surface area contributed by atoms with Crippen molar-refractivity contribution < 1.29 is 28.8 Å². The number of quaternary nitrogens is 1. The van der Waals surface area contributed by atoms with E-state index in [9.17, 15) is 14.4 Å². The average Bonchev–Trinajstić information content (AvgIpc) is 2.59. The monoisotopic (exact) mass is 378 g/mol. The summed E-state index contributed by atoms with van der Waals surface area (Å²) >= 11 is 0. The number of ether oxygens (including phenoxy) is 2. The first-order chi connectivity index (χ1) is 12.7. The van der Waals surface area contributed by atoms with Crippen LogP contribution in [0.15, 0.2) is 24.3 Å².